The van der Waals surface area contributed by atoms with Gasteiger partial charge in [0.25, 0.3) is 5.91 Å². The number of amides is 1. The Kier molecular flexibility index (Phi) is 5.68. The average Bonchev–Trinajstić information content (AvgIpc) is 2.86. The second kappa shape index (κ2) is 7.34. The van der Waals surface area contributed by atoms with Crippen molar-refractivity contribution in [2.45, 2.75) is 39.2 Å². The number of nitrogens with zero attached hydrogens (tertiary/aromatic N) is 1. The fourth-order valence-corrected chi connectivity index (χ4v) is 4.70. The van der Waals surface area contributed by atoms with Crippen LogP contribution in [0.25, 0.3) is 0 Å². The molecular formula is C17H25NO4S. The standard InChI is InChI=1S/C17H25NO4S/c1-4-18(14-9-10-23(20,21)12-14)17(19)11-22-16-8-6-5-7-15(16)13(2)3/h5-8,13-14H,4,9-12H2,1-3H3. The van der Waals surface area contributed by atoms with Crippen molar-refractivity contribution in [1.29, 1.82) is 0 Å². The Morgan fingerprint density at radius 2 is 2.04 bits per heavy atom. The van der Waals surface area contributed by atoms with E-state index in [-0.39, 0.29) is 30.1 Å². The molecule has 0 aromatic heterocycles. The van der Waals surface area contributed by atoms with Gasteiger partial charge in [-0.25, -0.2) is 8.42 Å². The summed E-state index contributed by atoms with van der Waals surface area (Å²) >= 11 is 0. The molecule has 5 nitrogen and oxygen atoms in total. The maximum atomic E-state index is 12.4. The molecule has 0 bridgehead atoms. The lowest BCUT2D eigenvalue weighted by Crippen LogP contribution is -2.43. The van der Waals surface area contributed by atoms with Crippen molar-refractivity contribution in [3.63, 3.8) is 0 Å². The minimum absolute atomic E-state index is 0.0614. The van der Waals surface area contributed by atoms with Crippen LogP contribution in [0.2, 0.25) is 0 Å². The Bertz CT molecular complexity index is 654. The molecule has 1 aliphatic heterocycles. The Morgan fingerprint density at radius 3 is 2.61 bits per heavy atom. The molecule has 2 rings (SSSR count). The predicted molar refractivity (Wildman–Crippen MR) is 90.5 cm³/mol. The van der Waals surface area contributed by atoms with Gasteiger partial charge in [0.15, 0.2) is 16.4 Å². The fourth-order valence-electron chi connectivity index (χ4n) is 2.97. The Hall–Kier alpha value is -1.56. The molecular weight excluding hydrogens is 314 g/mol. The van der Waals surface area contributed by atoms with Crippen LogP contribution in [0.5, 0.6) is 5.75 Å². The smallest absolute Gasteiger partial charge is 0.260 e. The number of hydrogen-bond donors (Lipinski definition) is 0. The summed E-state index contributed by atoms with van der Waals surface area (Å²) in [7, 11) is -3.00. The first-order valence-electron chi connectivity index (χ1n) is 8.05. The van der Waals surface area contributed by atoms with Gasteiger partial charge in [0, 0.05) is 12.6 Å². The van der Waals surface area contributed by atoms with E-state index in [0.717, 1.165) is 5.56 Å². The molecule has 1 fully saturated rings. The number of ether oxygens (including phenoxy) is 1. The number of sulfone groups is 1. The normalized spacial score (nSPS) is 19.7. The molecule has 0 saturated carbocycles. The summed E-state index contributed by atoms with van der Waals surface area (Å²) in [4.78, 5) is 14.1. The van der Waals surface area contributed by atoms with E-state index in [4.69, 9.17) is 4.74 Å². The van der Waals surface area contributed by atoms with E-state index in [1.807, 2.05) is 31.2 Å². The predicted octanol–water partition coefficient (Wildman–Crippen LogP) is 2.22. The molecule has 0 radical (unpaired) electrons. The third-order valence-electron chi connectivity index (χ3n) is 4.20. The van der Waals surface area contributed by atoms with Crippen molar-refractivity contribution >= 4 is 15.7 Å². The molecule has 1 unspecified atom stereocenters. The first kappa shape index (κ1) is 17.8. The van der Waals surface area contributed by atoms with Gasteiger partial charge >= 0.3 is 0 Å². The maximum Gasteiger partial charge on any atom is 0.260 e. The van der Waals surface area contributed by atoms with E-state index in [0.29, 0.717) is 24.6 Å². The zero-order valence-corrected chi connectivity index (χ0v) is 14.8. The minimum atomic E-state index is -3.00. The van der Waals surface area contributed by atoms with Crippen molar-refractivity contribution in [1.82, 2.24) is 4.90 Å². The molecule has 0 aliphatic carbocycles. The van der Waals surface area contributed by atoms with Gasteiger partial charge < -0.3 is 9.64 Å². The van der Waals surface area contributed by atoms with Gasteiger partial charge in [-0.1, -0.05) is 32.0 Å². The first-order chi connectivity index (χ1) is 10.8. The van der Waals surface area contributed by atoms with Gasteiger partial charge in [0.05, 0.1) is 11.5 Å². The quantitative estimate of drug-likeness (QED) is 0.797. The van der Waals surface area contributed by atoms with E-state index in [1.54, 1.807) is 4.90 Å². The second-order valence-electron chi connectivity index (χ2n) is 6.22. The van der Waals surface area contributed by atoms with E-state index < -0.39 is 9.84 Å². The van der Waals surface area contributed by atoms with Crippen LogP contribution in [0.4, 0.5) is 0 Å². The van der Waals surface area contributed by atoms with E-state index in [2.05, 4.69) is 13.8 Å². The van der Waals surface area contributed by atoms with Crippen molar-refractivity contribution < 1.29 is 17.9 Å². The highest BCUT2D eigenvalue weighted by molar-refractivity contribution is 7.91. The SMILES string of the molecule is CCN(C(=O)COc1ccccc1C(C)C)C1CCS(=O)(=O)C1. The van der Waals surface area contributed by atoms with Crippen LogP contribution < -0.4 is 4.74 Å². The van der Waals surface area contributed by atoms with E-state index in [9.17, 15) is 13.2 Å². The lowest BCUT2D eigenvalue weighted by molar-refractivity contribution is -0.135. The fraction of sp³-hybridized carbons (Fsp3) is 0.588. The van der Waals surface area contributed by atoms with Gasteiger partial charge in [0.1, 0.15) is 5.75 Å². The average molecular weight is 339 g/mol. The third kappa shape index (κ3) is 4.47. The topological polar surface area (TPSA) is 63.7 Å². The highest BCUT2D eigenvalue weighted by Gasteiger charge is 2.34. The summed E-state index contributed by atoms with van der Waals surface area (Å²) in [6, 6.07) is 7.46. The summed E-state index contributed by atoms with van der Waals surface area (Å²) in [5, 5.41) is 0. The first-order valence-corrected chi connectivity index (χ1v) is 9.87. The summed E-state index contributed by atoms with van der Waals surface area (Å²) in [6.07, 6.45) is 0.518. The summed E-state index contributed by atoms with van der Waals surface area (Å²) in [5.41, 5.74) is 1.06. The molecule has 0 N–H and O–H groups in total. The van der Waals surface area contributed by atoms with Gasteiger partial charge in [0.2, 0.25) is 0 Å². The molecule has 128 valence electrons. The summed E-state index contributed by atoms with van der Waals surface area (Å²) in [5.74, 6) is 1.09. The molecule has 0 spiro atoms. The largest absolute Gasteiger partial charge is 0.483 e. The summed E-state index contributed by atoms with van der Waals surface area (Å²) in [6.45, 7) is 6.45. The molecule has 1 atom stereocenters. The molecule has 6 heteroatoms. The lowest BCUT2D eigenvalue weighted by atomic mass is 10.0. The number of likely N-dealkylation sites (N-methyl/N-ethyl adjacent to an activating group) is 1. The van der Waals surface area contributed by atoms with Crippen molar-refractivity contribution in [3.05, 3.63) is 29.8 Å². The number of benzene rings is 1. The Labute approximate surface area is 138 Å². The van der Waals surface area contributed by atoms with Gasteiger partial charge in [-0.3, -0.25) is 4.79 Å². The zero-order valence-electron chi connectivity index (χ0n) is 14.0. The Balaban J connectivity index is 2.01. The molecule has 1 aliphatic rings. The summed E-state index contributed by atoms with van der Waals surface area (Å²) < 4.78 is 28.9. The molecule has 1 heterocycles. The van der Waals surface area contributed by atoms with E-state index >= 15 is 0 Å². The minimum Gasteiger partial charge on any atom is -0.483 e. The third-order valence-corrected chi connectivity index (χ3v) is 5.95. The van der Waals surface area contributed by atoms with Crippen LogP contribution in [0.1, 0.15) is 38.7 Å². The maximum absolute atomic E-state index is 12.4. The van der Waals surface area contributed by atoms with Crippen LogP contribution in [-0.4, -0.2) is 49.9 Å². The zero-order chi connectivity index (χ0) is 17.0. The second-order valence-corrected chi connectivity index (χ2v) is 8.45. The molecule has 1 aromatic rings. The number of hydrogen-bond acceptors (Lipinski definition) is 4. The van der Waals surface area contributed by atoms with Gasteiger partial charge in [-0.2, -0.15) is 0 Å². The van der Waals surface area contributed by atoms with Crippen molar-refractivity contribution in [3.8, 4) is 5.75 Å². The van der Waals surface area contributed by atoms with E-state index in [1.165, 1.54) is 0 Å². The number of carbonyl (C=O) groups is 1. The van der Waals surface area contributed by atoms with Gasteiger partial charge in [-0.05, 0) is 30.9 Å². The number of rotatable bonds is 6. The number of carbonyl (C=O) groups excluding carboxylic acids is 1. The van der Waals surface area contributed by atoms with Crippen LogP contribution in [-0.2, 0) is 14.6 Å². The molecule has 1 amide bonds. The molecule has 1 saturated heterocycles. The van der Waals surface area contributed by atoms with Crippen LogP contribution in [0.15, 0.2) is 24.3 Å². The highest BCUT2D eigenvalue weighted by atomic mass is 32.2. The van der Waals surface area contributed by atoms with Crippen LogP contribution in [0, 0.1) is 0 Å². The number of para-hydroxylation sites is 1. The van der Waals surface area contributed by atoms with Crippen molar-refractivity contribution in [2.75, 3.05) is 24.7 Å². The van der Waals surface area contributed by atoms with Gasteiger partial charge in [-0.15, -0.1) is 0 Å². The Morgan fingerprint density at radius 1 is 1.35 bits per heavy atom. The van der Waals surface area contributed by atoms with Crippen molar-refractivity contribution in [2.24, 2.45) is 0 Å². The molecule has 23 heavy (non-hydrogen) atoms. The molecule has 1 aromatic carbocycles. The van der Waals surface area contributed by atoms with Crippen LogP contribution in [0.3, 0.4) is 0 Å². The van der Waals surface area contributed by atoms with Crippen LogP contribution >= 0.6 is 0 Å². The monoisotopic (exact) mass is 339 g/mol. The lowest BCUT2D eigenvalue weighted by Gasteiger charge is -2.27. The highest BCUT2D eigenvalue weighted by Crippen LogP contribution is 2.26.